The molecule has 0 aromatic heterocycles. The van der Waals surface area contributed by atoms with Gasteiger partial charge in [0.1, 0.15) is 5.75 Å². The van der Waals surface area contributed by atoms with E-state index in [0.29, 0.717) is 47.0 Å². The predicted octanol–water partition coefficient (Wildman–Crippen LogP) is 5.47. The molecule has 0 spiro atoms. The van der Waals surface area contributed by atoms with Gasteiger partial charge in [0.15, 0.2) is 11.4 Å². The minimum absolute atomic E-state index is 0.0744. The van der Waals surface area contributed by atoms with Crippen LogP contribution in [0.5, 0.6) is 11.5 Å². The summed E-state index contributed by atoms with van der Waals surface area (Å²) in [4.78, 5) is 11.9. The number of quaternary nitrogens is 1. The molecule has 7 heteroatoms. The molecule has 0 saturated carbocycles. The summed E-state index contributed by atoms with van der Waals surface area (Å²) in [5.74, 6) is 1.19. The molecule has 0 heterocycles. The molecule has 172 valence electrons. The molecular formula is C27H28N5O2+. The van der Waals surface area contributed by atoms with E-state index in [-0.39, 0.29) is 4.48 Å². The lowest BCUT2D eigenvalue weighted by Crippen LogP contribution is -2.38. The molecule has 0 radical (unpaired) electrons. The van der Waals surface area contributed by atoms with Gasteiger partial charge in [-0.05, 0) is 61.2 Å². The number of benzene rings is 3. The standard InChI is InChI=1S/C27H28N5O2/c1-18-12-21(6-5-11-28)13-19(2)27(18)34-26-15-24(23(30)14-25(26)32(3,4)17-33)31-22-9-7-20(16-29)8-10-22/h7-10,12-15,17,31H,5-6,30H2,1-4H3/q+1. The van der Waals surface area contributed by atoms with Crippen molar-refractivity contribution in [2.24, 2.45) is 0 Å². The van der Waals surface area contributed by atoms with Crippen LogP contribution in [0.1, 0.15) is 28.7 Å². The Bertz CT molecular complexity index is 1280. The highest BCUT2D eigenvalue weighted by Gasteiger charge is 2.27. The van der Waals surface area contributed by atoms with Gasteiger partial charge in [-0.1, -0.05) is 12.1 Å². The fourth-order valence-corrected chi connectivity index (χ4v) is 3.72. The Morgan fingerprint density at radius 1 is 1.06 bits per heavy atom. The summed E-state index contributed by atoms with van der Waals surface area (Å²) in [7, 11) is 3.51. The number of carbonyl (C=O) groups is 1. The van der Waals surface area contributed by atoms with Crippen LogP contribution >= 0.6 is 0 Å². The normalized spacial score (nSPS) is 10.8. The molecule has 34 heavy (non-hydrogen) atoms. The summed E-state index contributed by atoms with van der Waals surface area (Å²) in [6.07, 6.45) is 1.95. The number of ether oxygens (including phenoxy) is 1. The van der Waals surface area contributed by atoms with Crippen molar-refractivity contribution in [3.05, 3.63) is 70.8 Å². The van der Waals surface area contributed by atoms with Crippen LogP contribution in [-0.2, 0) is 11.2 Å². The van der Waals surface area contributed by atoms with Crippen molar-refractivity contribution < 1.29 is 9.53 Å². The first-order valence-electron chi connectivity index (χ1n) is 10.8. The highest BCUT2D eigenvalue weighted by atomic mass is 16.5. The quantitative estimate of drug-likeness (QED) is 0.265. The van der Waals surface area contributed by atoms with E-state index in [2.05, 4.69) is 17.5 Å². The maximum absolute atomic E-state index is 11.9. The van der Waals surface area contributed by atoms with E-state index >= 15 is 0 Å². The number of nitrogens with two attached hydrogens (primary N) is 1. The number of anilines is 3. The number of nitrogens with zero attached hydrogens (tertiary/aromatic N) is 3. The van der Waals surface area contributed by atoms with Crippen LogP contribution < -0.4 is 20.3 Å². The Kier molecular flexibility index (Phi) is 7.21. The zero-order chi connectivity index (χ0) is 24.9. The second-order valence-electron chi connectivity index (χ2n) is 8.69. The highest BCUT2D eigenvalue weighted by Crippen LogP contribution is 2.42. The van der Waals surface area contributed by atoms with Gasteiger partial charge in [-0.15, -0.1) is 0 Å². The summed E-state index contributed by atoms with van der Waals surface area (Å²) >= 11 is 0. The molecule has 0 atom stereocenters. The molecule has 0 unspecified atom stereocenters. The molecule has 0 aliphatic carbocycles. The number of aryl methyl sites for hydroxylation is 3. The molecule has 0 saturated heterocycles. The second kappa shape index (κ2) is 10.1. The Morgan fingerprint density at radius 3 is 2.26 bits per heavy atom. The van der Waals surface area contributed by atoms with E-state index in [1.54, 1.807) is 50.5 Å². The molecule has 0 aliphatic rings. The van der Waals surface area contributed by atoms with Crippen LogP contribution in [0.15, 0.2) is 48.5 Å². The molecule has 3 rings (SSSR count). The summed E-state index contributed by atoms with van der Waals surface area (Å²) in [6, 6.07) is 18.9. The molecule has 3 aromatic carbocycles. The maximum Gasteiger partial charge on any atom is 0.306 e. The maximum atomic E-state index is 11.9. The fourth-order valence-electron chi connectivity index (χ4n) is 3.72. The van der Waals surface area contributed by atoms with Gasteiger partial charge in [0, 0.05) is 24.2 Å². The van der Waals surface area contributed by atoms with Crippen LogP contribution in [0.2, 0.25) is 0 Å². The molecule has 0 bridgehead atoms. The lowest BCUT2D eigenvalue weighted by molar-refractivity contribution is -0.115. The topological polar surface area (TPSA) is 112 Å². The van der Waals surface area contributed by atoms with E-state index in [0.717, 1.165) is 28.8 Å². The van der Waals surface area contributed by atoms with Crippen molar-refractivity contribution in [1.29, 1.82) is 10.5 Å². The molecule has 0 aliphatic heterocycles. The van der Waals surface area contributed by atoms with Crippen molar-refractivity contribution >= 4 is 29.2 Å². The smallest absolute Gasteiger partial charge is 0.306 e. The number of hydrogen-bond donors (Lipinski definition) is 2. The molecule has 0 fully saturated rings. The van der Waals surface area contributed by atoms with E-state index in [9.17, 15) is 4.79 Å². The monoisotopic (exact) mass is 454 g/mol. The molecule has 3 N–H and O–H groups in total. The summed E-state index contributed by atoms with van der Waals surface area (Å²) in [6.45, 7) is 3.93. The average molecular weight is 455 g/mol. The predicted molar refractivity (Wildman–Crippen MR) is 135 cm³/mol. The first-order valence-corrected chi connectivity index (χ1v) is 10.8. The fraction of sp³-hybridized carbons (Fsp3) is 0.222. The van der Waals surface area contributed by atoms with Gasteiger partial charge in [0.05, 0.1) is 43.2 Å². The third kappa shape index (κ3) is 5.35. The Balaban J connectivity index is 2.05. The van der Waals surface area contributed by atoms with Gasteiger partial charge in [-0.25, -0.2) is 9.28 Å². The van der Waals surface area contributed by atoms with Gasteiger partial charge in [-0.3, -0.25) is 0 Å². The van der Waals surface area contributed by atoms with Crippen LogP contribution in [0.4, 0.5) is 22.7 Å². The first-order chi connectivity index (χ1) is 16.2. The van der Waals surface area contributed by atoms with E-state index in [4.69, 9.17) is 21.0 Å². The van der Waals surface area contributed by atoms with E-state index in [1.807, 2.05) is 26.0 Å². The molecule has 7 nitrogen and oxygen atoms in total. The lowest BCUT2D eigenvalue weighted by atomic mass is 10.0. The third-order valence-corrected chi connectivity index (χ3v) is 5.57. The Morgan fingerprint density at radius 2 is 1.71 bits per heavy atom. The SMILES string of the molecule is Cc1cc(CCC#N)cc(C)c1Oc1cc(Nc2ccc(C#N)cc2)c(N)cc1[N+](C)(C)C=O. The number of carbonyl (C=O) groups excluding carboxylic acids is 1. The van der Waals surface area contributed by atoms with Gasteiger partial charge in [0.25, 0.3) is 0 Å². The number of hydrogen-bond acceptors (Lipinski definition) is 6. The Hall–Kier alpha value is -4.33. The number of rotatable bonds is 8. The van der Waals surface area contributed by atoms with Crippen molar-refractivity contribution in [1.82, 2.24) is 4.48 Å². The van der Waals surface area contributed by atoms with Crippen LogP contribution in [0.25, 0.3) is 0 Å². The Labute approximate surface area is 200 Å². The number of nitriles is 2. The van der Waals surface area contributed by atoms with E-state index < -0.39 is 0 Å². The molecular weight excluding hydrogens is 426 g/mol. The third-order valence-electron chi connectivity index (χ3n) is 5.57. The molecule has 3 aromatic rings. The second-order valence-corrected chi connectivity index (χ2v) is 8.69. The highest BCUT2D eigenvalue weighted by molar-refractivity contribution is 5.83. The number of nitrogen functional groups attached to an aromatic ring is 1. The number of amides is 1. The van der Waals surface area contributed by atoms with Gasteiger partial charge >= 0.3 is 6.41 Å². The van der Waals surface area contributed by atoms with E-state index in [1.165, 1.54) is 0 Å². The van der Waals surface area contributed by atoms with Gasteiger partial charge < -0.3 is 15.8 Å². The van der Waals surface area contributed by atoms with Crippen LogP contribution in [0, 0.1) is 36.5 Å². The number of nitrogens with one attached hydrogen (secondary N) is 1. The minimum Gasteiger partial charge on any atom is -0.450 e. The van der Waals surface area contributed by atoms with Crippen molar-refractivity contribution in [3.63, 3.8) is 0 Å². The van der Waals surface area contributed by atoms with Crippen molar-refractivity contribution in [3.8, 4) is 23.6 Å². The van der Waals surface area contributed by atoms with Crippen molar-refractivity contribution in [2.45, 2.75) is 26.7 Å². The average Bonchev–Trinajstić information content (AvgIpc) is 2.82. The van der Waals surface area contributed by atoms with Gasteiger partial charge in [-0.2, -0.15) is 10.5 Å². The van der Waals surface area contributed by atoms with Crippen molar-refractivity contribution in [2.75, 3.05) is 25.1 Å². The zero-order valence-corrected chi connectivity index (χ0v) is 19.8. The van der Waals surface area contributed by atoms with Crippen LogP contribution in [0.3, 0.4) is 0 Å². The summed E-state index contributed by atoms with van der Waals surface area (Å²) in [5.41, 5.74) is 12.3. The minimum atomic E-state index is -0.0744. The molecule has 1 amide bonds. The lowest BCUT2D eigenvalue weighted by Gasteiger charge is -2.25. The zero-order valence-electron chi connectivity index (χ0n) is 19.8. The van der Waals surface area contributed by atoms with Gasteiger partial charge in [0.2, 0.25) is 0 Å². The summed E-state index contributed by atoms with van der Waals surface area (Å²) in [5, 5.41) is 21.2. The first kappa shape index (κ1) is 24.3. The largest absolute Gasteiger partial charge is 0.450 e. The summed E-state index contributed by atoms with van der Waals surface area (Å²) < 4.78 is 6.34. The van der Waals surface area contributed by atoms with Crippen LogP contribution in [-0.4, -0.2) is 20.5 Å².